The number of unbranched alkanes of at least 4 members (excludes halogenated alkanes) is 21. The van der Waals surface area contributed by atoms with E-state index < -0.39 is 6.10 Å². The third kappa shape index (κ3) is 54.9. The molecule has 0 heterocycles. The minimum Gasteiger partial charge on any atom is -0.462 e. The SMILES string of the molecule is CC/C=C\C/C=C\C/C=C\C/C=C\C/C=C\C/C=C\CCC(=O)OCC(COC(=O)CCCCCCCCCCCCCCCCC)OC(=O)CCCCCCCCC/C=C\C/C=C\C/C=C\CC. The van der Waals surface area contributed by atoms with Crippen LogP contribution in [0.5, 0.6) is 0 Å². The molecule has 0 aliphatic carbocycles. The summed E-state index contributed by atoms with van der Waals surface area (Å²) in [6, 6.07) is 0. The van der Waals surface area contributed by atoms with Gasteiger partial charge in [0.15, 0.2) is 6.10 Å². The Kier molecular flexibility index (Phi) is 53.4. The highest BCUT2D eigenvalue weighted by Gasteiger charge is 2.19. The number of carbonyl (C=O) groups excluding carboxylic acids is 3. The summed E-state index contributed by atoms with van der Waals surface area (Å²) in [6.45, 7) is 6.35. The van der Waals surface area contributed by atoms with Crippen LogP contribution in [-0.4, -0.2) is 37.2 Å². The van der Waals surface area contributed by atoms with Crippen molar-refractivity contribution in [3.05, 3.63) is 109 Å². The van der Waals surface area contributed by atoms with Crippen LogP contribution in [-0.2, 0) is 28.6 Å². The fourth-order valence-electron chi connectivity index (χ4n) is 7.60. The van der Waals surface area contributed by atoms with Crippen molar-refractivity contribution >= 4 is 17.9 Å². The van der Waals surface area contributed by atoms with Crippen LogP contribution >= 0.6 is 0 Å². The van der Waals surface area contributed by atoms with Crippen molar-refractivity contribution in [1.82, 2.24) is 0 Å². The van der Waals surface area contributed by atoms with Crippen molar-refractivity contribution in [1.29, 1.82) is 0 Å². The summed E-state index contributed by atoms with van der Waals surface area (Å²) in [5, 5.41) is 0. The van der Waals surface area contributed by atoms with Gasteiger partial charge < -0.3 is 14.2 Å². The highest BCUT2D eigenvalue weighted by Crippen LogP contribution is 2.15. The second kappa shape index (κ2) is 56.7. The molecule has 0 spiro atoms. The molecule has 0 radical (unpaired) electrons. The summed E-state index contributed by atoms with van der Waals surface area (Å²) < 4.78 is 16.8. The quantitative estimate of drug-likeness (QED) is 0.0262. The molecule has 0 fully saturated rings. The minimum absolute atomic E-state index is 0.105. The van der Waals surface area contributed by atoms with E-state index in [0.29, 0.717) is 19.3 Å². The lowest BCUT2D eigenvalue weighted by molar-refractivity contribution is -0.166. The summed E-state index contributed by atoms with van der Waals surface area (Å²) in [6.07, 6.45) is 76.6. The standard InChI is InChI=1S/C63H104O6/c1-4-7-10-13-16-19-22-25-28-30-31-33-35-38-41-44-47-50-53-56-62(65)68-59-60(58-67-61(64)55-52-49-46-43-40-37-34-27-24-21-18-15-12-9-6-3)69-63(66)57-54-51-48-45-42-39-36-32-29-26-23-20-17-14-11-8-5-2/h7-8,10-11,16-17,19-20,25-26,28-29,31,33,38,41,47,50,60H,4-6,9,12-15,18,21-24,27,30,32,34-37,39-40,42-46,48-49,51-59H2,1-3H3/b10-7-,11-8-,19-16-,20-17-,28-25-,29-26-,33-31-,41-38-,50-47-. The van der Waals surface area contributed by atoms with E-state index in [2.05, 4.69) is 124 Å². The predicted molar refractivity (Wildman–Crippen MR) is 297 cm³/mol. The molecule has 0 aromatic heterocycles. The van der Waals surface area contributed by atoms with Crippen molar-refractivity contribution in [3.63, 3.8) is 0 Å². The van der Waals surface area contributed by atoms with E-state index >= 15 is 0 Å². The van der Waals surface area contributed by atoms with Gasteiger partial charge in [-0.1, -0.05) is 252 Å². The van der Waals surface area contributed by atoms with E-state index in [1.807, 2.05) is 6.08 Å². The smallest absolute Gasteiger partial charge is 0.306 e. The first kappa shape index (κ1) is 65.1. The molecule has 69 heavy (non-hydrogen) atoms. The Balaban J connectivity index is 4.51. The fraction of sp³-hybridized carbons (Fsp3) is 0.667. The van der Waals surface area contributed by atoms with Crippen LogP contribution in [0.25, 0.3) is 0 Å². The number of allylic oxidation sites excluding steroid dienone is 18. The van der Waals surface area contributed by atoms with Crippen LogP contribution in [0.15, 0.2) is 109 Å². The van der Waals surface area contributed by atoms with Gasteiger partial charge in [0, 0.05) is 19.3 Å². The second-order valence-electron chi connectivity index (χ2n) is 18.4. The Hall–Kier alpha value is -3.93. The number of esters is 3. The number of ether oxygens (including phenoxy) is 3. The van der Waals surface area contributed by atoms with Gasteiger partial charge in [0.25, 0.3) is 0 Å². The molecule has 6 heteroatoms. The number of hydrogen-bond acceptors (Lipinski definition) is 6. The van der Waals surface area contributed by atoms with Gasteiger partial charge in [0.1, 0.15) is 13.2 Å². The first-order chi connectivity index (χ1) is 34.0. The average Bonchev–Trinajstić information content (AvgIpc) is 3.35. The Morgan fingerprint density at radius 1 is 0.304 bits per heavy atom. The normalized spacial score (nSPS) is 12.9. The van der Waals surface area contributed by atoms with Crippen LogP contribution in [0.2, 0.25) is 0 Å². The Morgan fingerprint density at radius 2 is 0.594 bits per heavy atom. The Morgan fingerprint density at radius 3 is 0.971 bits per heavy atom. The molecule has 1 atom stereocenters. The molecule has 0 rings (SSSR count). The number of rotatable bonds is 50. The third-order valence-electron chi connectivity index (χ3n) is 11.8. The summed E-state index contributed by atoms with van der Waals surface area (Å²) >= 11 is 0. The molecule has 0 aromatic rings. The summed E-state index contributed by atoms with van der Waals surface area (Å²) in [7, 11) is 0. The lowest BCUT2D eigenvalue weighted by Gasteiger charge is -2.18. The maximum Gasteiger partial charge on any atom is 0.306 e. The van der Waals surface area contributed by atoms with Gasteiger partial charge in [-0.2, -0.15) is 0 Å². The van der Waals surface area contributed by atoms with Crippen LogP contribution in [0.1, 0.15) is 252 Å². The number of hydrogen-bond donors (Lipinski definition) is 0. The molecular weight excluding hydrogens is 853 g/mol. The highest BCUT2D eigenvalue weighted by molar-refractivity contribution is 5.71. The van der Waals surface area contributed by atoms with Gasteiger partial charge in [-0.25, -0.2) is 0 Å². The van der Waals surface area contributed by atoms with Crippen LogP contribution < -0.4 is 0 Å². The topological polar surface area (TPSA) is 78.9 Å². The molecule has 0 aromatic carbocycles. The van der Waals surface area contributed by atoms with Crippen LogP contribution in [0.4, 0.5) is 0 Å². The van der Waals surface area contributed by atoms with E-state index in [1.165, 1.54) is 103 Å². The van der Waals surface area contributed by atoms with Crippen molar-refractivity contribution in [3.8, 4) is 0 Å². The second-order valence-corrected chi connectivity index (χ2v) is 18.4. The fourth-order valence-corrected chi connectivity index (χ4v) is 7.60. The minimum atomic E-state index is -0.814. The molecule has 392 valence electrons. The summed E-state index contributed by atoms with van der Waals surface area (Å²) in [4.78, 5) is 38.1. The summed E-state index contributed by atoms with van der Waals surface area (Å²) in [5.41, 5.74) is 0. The zero-order chi connectivity index (χ0) is 50.0. The number of carbonyl (C=O) groups is 3. The van der Waals surface area contributed by atoms with Gasteiger partial charge in [-0.05, 0) is 89.9 Å². The van der Waals surface area contributed by atoms with E-state index in [1.54, 1.807) is 0 Å². The van der Waals surface area contributed by atoms with Gasteiger partial charge >= 0.3 is 17.9 Å². The van der Waals surface area contributed by atoms with Crippen molar-refractivity contribution < 1.29 is 28.6 Å². The van der Waals surface area contributed by atoms with Gasteiger partial charge in [0.05, 0.1) is 0 Å². The molecule has 1 unspecified atom stereocenters. The maximum atomic E-state index is 12.9. The lowest BCUT2D eigenvalue weighted by Crippen LogP contribution is -2.30. The zero-order valence-electron chi connectivity index (χ0n) is 44.8. The third-order valence-corrected chi connectivity index (χ3v) is 11.8. The monoisotopic (exact) mass is 957 g/mol. The molecule has 0 saturated heterocycles. The predicted octanol–water partition coefficient (Wildman–Crippen LogP) is 19.1. The Labute approximate surface area is 425 Å². The van der Waals surface area contributed by atoms with Gasteiger partial charge in [0.2, 0.25) is 0 Å². The molecule has 0 saturated carbocycles. The van der Waals surface area contributed by atoms with E-state index in [9.17, 15) is 14.4 Å². The molecule has 0 aliphatic heterocycles. The Bertz CT molecular complexity index is 1420. The van der Waals surface area contributed by atoms with Crippen molar-refractivity contribution in [2.24, 2.45) is 0 Å². The highest BCUT2D eigenvalue weighted by atomic mass is 16.6. The molecule has 6 nitrogen and oxygen atoms in total. The van der Waals surface area contributed by atoms with Crippen LogP contribution in [0.3, 0.4) is 0 Å². The first-order valence-electron chi connectivity index (χ1n) is 28.4. The maximum absolute atomic E-state index is 12.9. The van der Waals surface area contributed by atoms with E-state index in [-0.39, 0.29) is 37.5 Å². The van der Waals surface area contributed by atoms with Crippen molar-refractivity contribution in [2.75, 3.05) is 13.2 Å². The molecule has 0 amide bonds. The lowest BCUT2D eigenvalue weighted by atomic mass is 10.0. The molecule has 0 N–H and O–H groups in total. The molecular formula is C63H104O6. The first-order valence-corrected chi connectivity index (χ1v) is 28.4. The molecule has 0 bridgehead atoms. The average molecular weight is 958 g/mol. The van der Waals surface area contributed by atoms with Crippen molar-refractivity contribution in [2.45, 2.75) is 258 Å². The van der Waals surface area contributed by atoms with Gasteiger partial charge in [-0.15, -0.1) is 0 Å². The van der Waals surface area contributed by atoms with Crippen LogP contribution in [0, 0.1) is 0 Å². The largest absolute Gasteiger partial charge is 0.462 e. The van der Waals surface area contributed by atoms with E-state index in [4.69, 9.17) is 14.2 Å². The molecule has 0 aliphatic rings. The van der Waals surface area contributed by atoms with Gasteiger partial charge in [-0.3, -0.25) is 14.4 Å². The zero-order valence-corrected chi connectivity index (χ0v) is 44.8. The summed E-state index contributed by atoms with van der Waals surface area (Å²) in [5.74, 6) is -1.00. The van der Waals surface area contributed by atoms with E-state index in [0.717, 1.165) is 103 Å².